The molecule has 1 aliphatic rings. The van der Waals surface area contributed by atoms with Gasteiger partial charge in [0.25, 0.3) is 0 Å². The van der Waals surface area contributed by atoms with Gasteiger partial charge in [-0.2, -0.15) is 0 Å². The number of hydrogen-bond acceptors (Lipinski definition) is 4. The molecule has 0 spiro atoms. The number of carbonyl (C=O) groups is 3. The molecule has 0 N–H and O–H groups in total. The minimum atomic E-state index is -1.02. The molecule has 0 aromatic carbocycles. The predicted molar refractivity (Wildman–Crippen MR) is 59.5 cm³/mol. The standard InChI is InChI=1S/C13H14O4/c1-2-9(14)13-10(15)6-8(7-11(13)16)12-4-3-5-17-12/h3-5,8,13H,2,6-7H2,1H3. The van der Waals surface area contributed by atoms with Crippen molar-refractivity contribution in [3.8, 4) is 0 Å². The Bertz CT molecular complexity index is 426. The highest BCUT2D eigenvalue weighted by Gasteiger charge is 2.40. The molecule has 1 aliphatic carbocycles. The SMILES string of the molecule is CCC(=O)C1C(=O)CC(c2ccco2)CC1=O. The number of hydrogen-bond donors (Lipinski definition) is 0. The summed E-state index contributed by atoms with van der Waals surface area (Å²) in [6, 6.07) is 3.49. The monoisotopic (exact) mass is 234 g/mol. The van der Waals surface area contributed by atoms with Gasteiger partial charge in [-0.05, 0) is 12.1 Å². The van der Waals surface area contributed by atoms with Gasteiger partial charge in [0.2, 0.25) is 0 Å². The zero-order valence-corrected chi connectivity index (χ0v) is 9.64. The molecule has 0 amide bonds. The summed E-state index contributed by atoms with van der Waals surface area (Å²) < 4.78 is 5.20. The fourth-order valence-electron chi connectivity index (χ4n) is 2.26. The van der Waals surface area contributed by atoms with Crippen molar-refractivity contribution in [3.63, 3.8) is 0 Å². The summed E-state index contributed by atoms with van der Waals surface area (Å²) in [6.45, 7) is 1.67. The lowest BCUT2D eigenvalue weighted by atomic mass is 9.76. The Hall–Kier alpha value is -1.71. The third kappa shape index (κ3) is 2.20. The zero-order chi connectivity index (χ0) is 12.4. The van der Waals surface area contributed by atoms with E-state index in [2.05, 4.69) is 0 Å². The lowest BCUT2D eigenvalue weighted by Crippen LogP contribution is -2.37. The van der Waals surface area contributed by atoms with Gasteiger partial charge >= 0.3 is 0 Å². The molecule has 0 aliphatic heterocycles. The number of Topliss-reactive ketones (excluding diaryl/α,β-unsaturated/α-hetero) is 3. The summed E-state index contributed by atoms with van der Waals surface area (Å²) in [6.07, 6.45) is 2.19. The molecule has 1 fully saturated rings. The van der Waals surface area contributed by atoms with Crippen LogP contribution in [0.2, 0.25) is 0 Å². The molecule has 4 nitrogen and oxygen atoms in total. The van der Waals surface area contributed by atoms with Crippen molar-refractivity contribution in [3.05, 3.63) is 24.2 Å². The predicted octanol–water partition coefficient (Wildman–Crippen LogP) is 1.89. The van der Waals surface area contributed by atoms with Crippen LogP contribution < -0.4 is 0 Å². The molecule has 4 heteroatoms. The lowest BCUT2D eigenvalue weighted by Gasteiger charge is -2.23. The van der Waals surface area contributed by atoms with E-state index in [1.165, 1.54) is 6.26 Å². The maximum Gasteiger partial charge on any atom is 0.151 e. The second-order valence-electron chi connectivity index (χ2n) is 4.31. The zero-order valence-electron chi connectivity index (χ0n) is 9.64. The van der Waals surface area contributed by atoms with Gasteiger partial charge < -0.3 is 4.42 Å². The van der Waals surface area contributed by atoms with Gasteiger partial charge in [0.05, 0.1) is 6.26 Å². The average Bonchev–Trinajstić information content (AvgIpc) is 2.81. The largest absolute Gasteiger partial charge is 0.469 e. The van der Waals surface area contributed by atoms with E-state index in [-0.39, 0.29) is 42.5 Å². The minimum Gasteiger partial charge on any atom is -0.469 e. The molecule has 17 heavy (non-hydrogen) atoms. The number of rotatable bonds is 3. The molecule has 0 bridgehead atoms. The first-order valence-electron chi connectivity index (χ1n) is 5.75. The third-order valence-corrected chi connectivity index (χ3v) is 3.16. The Labute approximate surface area is 99.0 Å². The molecule has 1 saturated carbocycles. The highest BCUT2D eigenvalue weighted by molar-refractivity contribution is 6.20. The van der Waals surface area contributed by atoms with Crippen LogP contribution >= 0.6 is 0 Å². The van der Waals surface area contributed by atoms with E-state index in [1.54, 1.807) is 19.1 Å². The Balaban J connectivity index is 2.16. The van der Waals surface area contributed by atoms with Gasteiger partial charge in [-0.1, -0.05) is 6.92 Å². The summed E-state index contributed by atoms with van der Waals surface area (Å²) in [7, 11) is 0. The van der Waals surface area contributed by atoms with Crippen LogP contribution in [0, 0.1) is 5.92 Å². The Morgan fingerprint density at radius 3 is 2.47 bits per heavy atom. The first-order chi connectivity index (χ1) is 8.13. The molecule has 1 aromatic rings. The summed E-state index contributed by atoms with van der Waals surface area (Å²) in [4.78, 5) is 35.2. The second kappa shape index (κ2) is 4.65. The molecule has 0 atom stereocenters. The normalized spacial score (nSPS) is 25.0. The first kappa shape index (κ1) is 11.8. The molecule has 2 rings (SSSR count). The van der Waals surface area contributed by atoms with Crippen LogP contribution in [0.25, 0.3) is 0 Å². The Morgan fingerprint density at radius 2 is 2.00 bits per heavy atom. The molecular weight excluding hydrogens is 220 g/mol. The van der Waals surface area contributed by atoms with Crippen molar-refractivity contribution < 1.29 is 18.8 Å². The maximum absolute atomic E-state index is 11.8. The van der Waals surface area contributed by atoms with Crippen molar-refractivity contribution in [1.82, 2.24) is 0 Å². The number of furan rings is 1. The van der Waals surface area contributed by atoms with E-state index in [4.69, 9.17) is 4.42 Å². The minimum absolute atomic E-state index is 0.203. The van der Waals surface area contributed by atoms with Gasteiger partial charge in [0.1, 0.15) is 11.7 Å². The van der Waals surface area contributed by atoms with Gasteiger partial charge in [-0.3, -0.25) is 14.4 Å². The highest BCUT2D eigenvalue weighted by Crippen LogP contribution is 2.32. The second-order valence-corrected chi connectivity index (χ2v) is 4.31. The molecule has 0 radical (unpaired) electrons. The fraction of sp³-hybridized carbons (Fsp3) is 0.462. The maximum atomic E-state index is 11.8. The summed E-state index contributed by atoms with van der Waals surface area (Å²) >= 11 is 0. The molecule has 1 aromatic heterocycles. The van der Waals surface area contributed by atoms with E-state index in [1.807, 2.05) is 0 Å². The van der Waals surface area contributed by atoms with E-state index in [0.717, 1.165) is 0 Å². The third-order valence-electron chi connectivity index (χ3n) is 3.16. The van der Waals surface area contributed by atoms with Crippen LogP contribution in [0.5, 0.6) is 0 Å². The van der Waals surface area contributed by atoms with Crippen molar-refractivity contribution >= 4 is 17.3 Å². The van der Waals surface area contributed by atoms with Gasteiger partial charge in [-0.15, -0.1) is 0 Å². The number of carbonyl (C=O) groups excluding carboxylic acids is 3. The van der Waals surface area contributed by atoms with Crippen molar-refractivity contribution in [1.29, 1.82) is 0 Å². The summed E-state index contributed by atoms with van der Waals surface area (Å²) in [5.74, 6) is -1.38. The van der Waals surface area contributed by atoms with E-state index >= 15 is 0 Å². The van der Waals surface area contributed by atoms with Crippen molar-refractivity contribution in [2.75, 3.05) is 0 Å². The van der Waals surface area contributed by atoms with E-state index in [9.17, 15) is 14.4 Å². The van der Waals surface area contributed by atoms with Crippen LogP contribution in [0.15, 0.2) is 22.8 Å². The van der Waals surface area contributed by atoms with Crippen molar-refractivity contribution in [2.24, 2.45) is 5.92 Å². The lowest BCUT2D eigenvalue weighted by molar-refractivity contribution is -0.142. The number of ketones is 3. The Kier molecular flexibility index (Phi) is 3.22. The van der Waals surface area contributed by atoms with E-state index in [0.29, 0.717) is 5.76 Å². The molecule has 1 heterocycles. The molecular formula is C13H14O4. The summed E-state index contributed by atoms with van der Waals surface area (Å²) in [5, 5.41) is 0. The van der Waals surface area contributed by atoms with Gasteiger partial charge in [0.15, 0.2) is 17.3 Å². The Morgan fingerprint density at radius 1 is 1.35 bits per heavy atom. The molecule has 90 valence electrons. The average molecular weight is 234 g/mol. The van der Waals surface area contributed by atoms with Crippen LogP contribution in [0.4, 0.5) is 0 Å². The first-order valence-corrected chi connectivity index (χ1v) is 5.75. The molecule has 0 saturated heterocycles. The fourth-order valence-corrected chi connectivity index (χ4v) is 2.26. The van der Waals surface area contributed by atoms with Crippen LogP contribution in [-0.4, -0.2) is 17.3 Å². The summed E-state index contributed by atoms with van der Waals surface area (Å²) in [5.41, 5.74) is 0. The molecule has 0 unspecified atom stereocenters. The highest BCUT2D eigenvalue weighted by atomic mass is 16.3. The smallest absolute Gasteiger partial charge is 0.151 e. The van der Waals surface area contributed by atoms with Gasteiger partial charge in [-0.25, -0.2) is 0 Å². The topological polar surface area (TPSA) is 64.3 Å². The quantitative estimate of drug-likeness (QED) is 0.749. The van der Waals surface area contributed by atoms with Crippen LogP contribution in [-0.2, 0) is 14.4 Å². The van der Waals surface area contributed by atoms with E-state index < -0.39 is 5.92 Å². The van der Waals surface area contributed by atoms with Crippen LogP contribution in [0.1, 0.15) is 37.9 Å². The van der Waals surface area contributed by atoms with Crippen molar-refractivity contribution in [2.45, 2.75) is 32.1 Å². The van der Waals surface area contributed by atoms with Crippen LogP contribution in [0.3, 0.4) is 0 Å². The van der Waals surface area contributed by atoms with Gasteiger partial charge in [0, 0.05) is 25.2 Å².